The molecular formula is C25H26N8. The number of hydrogen-bond donors (Lipinski definition) is 2. The number of nitrogens with one attached hydrogen (secondary N) is 2. The average molecular weight is 439 g/mol. The summed E-state index contributed by atoms with van der Waals surface area (Å²) >= 11 is 0. The molecule has 166 valence electrons. The summed E-state index contributed by atoms with van der Waals surface area (Å²) in [5.41, 5.74) is 2.09. The normalized spacial score (nSPS) is 14.6. The van der Waals surface area contributed by atoms with Crippen LogP contribution in [-0.2, 0) is 0 Å². The summed E-state index contributed by atoms with van der Waals surface area (Å²) in [6.45, 7) is 3.75. The summed E-state index contributed by atoms with van der Waals surface area (Å²) in [5.74, 6) is 4.32. The number of piperidine rings is 1. The molecule has 33 heavy (non-hydrogen) atoms. The van der Waals surface area contributed by atoms with Crippen LogP contribution >= 0.6 is 0 Å². The third-order valence-electron chi connectivity index (χ3n) is 5.69. The Morgan fingerprint density at radius 3 is 2.45 bits per heavy atom. The number of anilines is 3. The van der Waals surface area contributed by atoms with Crippen LogP contribution in [0.5, 0.6) is 0 Å². The Bertz CT molecular complexity index is 1210. The van der Waals surface area contributed by atoms with Gasteiger partial charge in [0.05, 0.1) is 0 Å². The van der Waals surface area contributed by atoms with Crippen molar-refractivity contribution >= 4 is 29.6 Å². The molecular weight excluding hydrogens is 412 g/mol. The third-order valence-corrected chi connectivity index (χ3v) is 5.69. The van der Waals surface area contributed by atoms with Gasteiger partial charge in [0.15, 0.2) is 11.6 Å². The minimum atomic E-state index is 0.381. The Morgan fingerprint density at radius 1 is 0.939 bits per heavy atom. The molecule has 8 heteroatoms. The first-order valence-corrected chi connectivity index (χ1v) is 11.2. The number of benzene rings is 1. The Hall–Kier alpha value is -4.07. The van der Waals surface area contributed by atoms with E-state index in [1.807, 2.05) is 67.9 Å². The molecule has 5 rings (SSSR count). The molecule has 0 bridgehead atoms. The Morgan fingerprint density at radius 2 is 1.73 bits per heavy atom. The van der Waals surface area contributed by atoms with Crippen molar-refractivity contribution < 1.29 is 0 Å². The molecule has 0 aliphatic carbocycles. The Kier molecular flexibility index (Phi) is 6.06. The van der Waals surface area contributed by atoms with E-state index in [-0.39, 0.29) is 0 Å². The van der Waals surface area contributed by atoms with Gasteiger partial charge in [-0.15, -0.1) is 0 Å². The van der Waals surface area contributed by atoms with Crippen molar-refractivity contribution in [1.82, 2.24) is 30.1 Å². The molecule has 1 fully saturated rings. The van der Waals surface area contributed by atoms with E-state index < -0.39 is 0 Å². The van der Waals surface area contributed by atoms with Crippen molar-refractivity contribution in [2.45, 2.75) is 25.7 Å². The van der Waals surface area contributed by atoms with Crippen LogP contribution in [-0.4, -0.2) is 43.2 Å². The lowest BCUT2D eigenvalue weighted by Gasteiger charge is -2.32. The lowest BCUT2D eigenvalue weighted by Crippen LogP contribution is -2.34. The van der Waals surface area contributed by atoms with Crippen molar-refractivity contribution in [2.75, 3.05) is 23.3 Å². The number of aromatic nitrogens is 6. The van der Waals surface area contributed by atoms with Crippen LogP contribution in [0.4, 0.5) is 17.5 Å². The van der Waals surface area contributed by atoms with Crippen LogP contribution in [0.3, 0.4) is 0 Å². The highest BCUT2D eigenvalue weighted by Crippen LogP contribution is 2.29. The molecule has 3 aromatic heterocycles. The van der Waals surface area contributed by atoms with E-state index in [1.165, 1.54) is 0 Å². The SMILES string of the molecule is Cc1cc(Nc2cc(N3CCC(c4ncccn4)CC3)nc(/C=C/c3ccccc3)n2)n[nH]1. The van der Waals surface area contributed by atoms with E-state index in [1.54, 1.807) is 0 Å². The van der Waals surface area contributed by atoms with Crippen molar-refractivity contribution in [3.63, 3.8) is 0 Å². The van der Waals surface area contributed by atoms with Crippen LogP contribution in [0, 0.1) is 6.92 Å². The number of hydrogen-bond acceptors (Lipinski definition) is 7. The summed E-state index contributed by atoms with van der Waals surface area (Å²) in [5, 5.41) is 10.5. The summed E-state index contributed by atoms with van der Waals surface area (Å²) in [7, 11) is 0. The number of nitrogens with zero attached hydrogens (tertiary/aromatic N) is 6. The third kappa shape index (κ3) is 5.23. The van der Waals surface area contributed by atoms with Crippen LogP contribution in [0.25, 0.3) is 12.2 Å². The fourth-order valence-corrected chi connectivity index (χ4v) is 3.99. The van der Waals surface area contributed by atoms with Crippen LogP contribution in [0.2, 0.25) is 0 Å². The van der Waals surface area contributed by atoms with Gasteiger partial charge >= 0.3 is 0 Å². The van der Waals surface area contributed by atoms with E-state index in [9.17, 15) is 0 Å². The second-order valence-electron chi connectivity index (χ2n) is 8.14. The summed E-state index contributed by atoms with van der Waals surface area (Å²) in [4.78, 5) is 20.7. The van der Waals surface area contributed by atoms with Gasteiger partial charge in [-0.3, -0.25) is 5.10 Å². The molecule has 0 unspecified atom stereocenters. The molecule has 0 saturated carbocycles. The first kappa shape index (κ1) is 20.8. The quantitative estimate of drug-likeness (QED) is 0.454. The highest BCUT2D eigenvalue weighted by molar-refractivity contribution is 5.69. The monoisotopic (exact) mass is 438 g/mol. The molecule has 1 saturated heterocycles. The molecule has 1 aliphatic heterocycles. The molecule has 0 amide bonds. The molecule has 4 heterocycles. The first-order chi connectivity index (χ1) is 16.2. The van der Waals surface area contributed by atoms with Crippen LogP contribution in [0.15, 0.2) is 60.9 Å². The smallest absolute Gasteiger partial charge is 0.156 e. The molecule has 2 N–H and O–H groups in total. The Balaban J connectivity index is 1.38. The summed E-state index contributed by atoms with van der Waals surface area (Å²) in [6, 6.07) is 16.0. The van der Waals surface area contributed by atoms with Crippen molar-refractivity contribution in [3.8, 4) is 0 Å². The summed E-state index contributed by atoms with van der Waals surface area (Å²) in [6.07, 6.45) is 9.60. The fourth-order valence-electron chi connectivity index (χ4n) is 3.99. The number of aryl methyl sites for hydroxylation is 1. The van der Waals surface area contributed by atoms with Gasteiger partial charge in [-0.25, -0.2) is 19.9 Å². The van der Waals surface area contributed by atoms with E-state index in [2.05, 4.69) is 42.5 Å². The second kappa shape index (κ2) is 9.60. The van der Waals surface area contributed by atoms with Gasteiger partial charge in [0.2, 0.25) is 0 Å². The maximum Gasteiger partial charge on any atom is 0.156 e. The fraction of sp³-hybridized carbons (Fsp3) is 0.240. The van der Waals surface area contributed by atoms with E-state index >= 15 is 0 Å². The minimum absolute atomic E-state index is 0.381. The standard InChI is InChI=1S/C25H26N8/c1-18-16-23(32-31-18)29-22-17-24(30-21(28-22)9-8-19-6-3-2-4-7-19)33-14-10-20(11-15-33)25-26-12-5-13-27-25/h2-9,12-13,16-17,20H,10-11,14-15H2,1H3,(H2,28,29,30,31,32)/b9-8+. The zero-order valence-corrected chi connectivity index (χ0v) is 18.5. The first-order valence-electron chi connectivity index (χ1n) is 11.2. The molecule has 8 nitrogen and oxygen atoms in total. The molecule has 1 aliphatic rings. The zero-order valence-electron chi connectivity index (χ0n) is 18.5. The van der Waals surface area contributed by atoms with Gasteiger partial charge < -0.3 is 10.2 Å². The Labute approximate surface area is 192 Å². The van der Waals surface area contributed by atoms with Gasteiger partial charge in [-0.1, -0.05) is 36.4 Å². The van der Waals surface area contributed by atoms with E-state index in [0.29, 0.717) is 17.6 Å². The number of aromatic amines is 1. The van der Waals surface area contributed by atoms with Crippen LogP contribution in [0.1, 0.15) is 41.7 Å². The highest BCUT2D eigenvalue weighted by atomic mass is 15.2. The van der Waals surface area contributed by atoms with E-state index in [0.717, 1.165) is 54.6 Å². The van der Waals surface area contributed by atoms with Gasteiger partial charge in [0.1, 0.15) is 17.5 Å². The van der Waals surface area contributed by atoms with E-state index in [4.69, 9.17) is 9.97 Å². The minimum Gasteiger partial charge on any atom is -0.356 e. The summed E-state index contributed by atoms with van der Waals surface area (Å²) < 4.78 is 0. The second-order valence-corrected chi connectivity index (χ2v) is 8.14. The molecule has 0 radical (unpaired) electrons. The molecule has 0 atom stereocenters. The van der Waals surface area contributed by atoms with Gasteiger partial charge in [-0.2, -0.15) is 5.10 Å². The van der Waals surface area contributed by atoms with Gasteiger partial charge in [0.25, 0.3) is 0 Å². The van der Waals surface area contributed by atoms with Crippen molar-refractivity contribution in [3.05, 3.63) is 83.8 Å². The maximum absolute atomic E-state index is 4.85. The van der Waals surface area contributed by atoms with Crippen LogP contribution < -0.4 is 10.2 Å². The highest BCUT2D eigenvalue weighted by Gasteiger charge is 2.24. The largest absolute Gasteiger partial charge is 0.356 e. The predicted molar refractivity (Wildman–Crippen MR) is 130 cm³/mol. The van der Waals surface area contributed by atoms with Crippen molar-refractivity contribution in [1.29, 1.82) is 0 Å². The molecule has 1 aromatic carbocycles. The van der Waals surface area contributed by atoms with Gasteiger partial charge in [-0.05, 0) is 37.5 Å². The number of H-pyrrole nitrogens is 1. The average Bonchev–Trinajstić information content (AvgIpc) is 3.28. The molecule has 0 spiro atoms. The maximum atomic E-state index is 4.85. The van der Waals surface area contributed by atoms with Crippen molar-refractivity contribution in [2.24, 2.45) is 0 Å². The zero-order chi connectivity index (χ0) is 22.5. The number of rotatable bonds is 6. The predicted octanol–water partition coefficient (Wildman–Crippen LogP) is 4.60. The molecule has 4 aromatic rings. The lowest BCUT2D eigenvalue weighted by atomic mass is 9.96. The lowest BCUT2D eigenvalue weighted by molar-refractivity contribution is 0.483. The topological polar surface area (TPSA) is 95.5 Å². The van der Waals surface area contributed by atoms with Gasteiger partial charge in [0, 0.05) is 49.2 Å².